The van der Waals surface area contributed by atoms with E-state index in [0.717, 1.165) is 6.26 Å². The van der Waals surface area contributed by atoms with Gasteiger partial charge in [0.15, 0.2) is 0 Å². The Hall–Kier alpha value is -3.27. The van der Waals surface area contributed by atoms with Crippen LogP contribution in [0, 0.1) is 5.92 Å². The van der Waals surface area contributed by atoms with Gasteiger partial charge in [-0.15, -0.1) is 0 Å². The first kappa shape index (κ1) is 24.0. The van der Waals surface area contributed by atoms with Gasteiger partial charge in [0.05, 0.1) is 31.7 Å². The van der Waals surface area contributed by atoms with Crippen LogP contribution >= 0.6 is 0 Å². The minimum Gasteiger partial charge on any atom is -0.496 e. The normalized spacial score (nSPS) is 12.1. The number of carbonyl (C=O) groups excluding carboxylic acids is 2. The predicted molar refractivity (Wildman–Crippen MR) is 119 cm³/mol. The average molecular weight is 450 g/mol. The van der Waals surface area contributed by atoms with Gasteiger partial charge in [0.25, 0.3) is 5.91 Å². The zero-order valence-electron chi connectivity index (χ0n) is 18.1. The van der Waals surface area contributed by atoms with Gasteiger partial charge >= 0.3 is 0 Å². The molecule has 0 aliphatic heterocycles. The molecule has 0 aliphatic carbocycles. The van der Waals surface area contributed by atoms with Crippen LogP contribution in [0.2, 0.25) is 0 Å². The van der Waals surface area contributed by atoms with Gasteiger partial charge in [0.2, 0.25) is 15.9 Å². The third kappa shape index (κ3) is 6.61. The van der Waals surface area contributed by atoms with Crippen molar-refractivity contribution in [3.05, 3.63) is 48.0 Å². The molecule has 0 saturated carbocycles. The van der Waals surface area contributed by atoms with Crippen LogP contribution in [0.1, 0.15) is 24.2 Å². The number of benzene rings is 2. The van der Waals surface area contributed by atoms with E-state index in [9.17, 15) is 18.0 Å². The van der Waals surface area contributed by atoms with Crippen molar-refractivity contribution in [2.45, 2.75) is 19.9 Å². The van der Waals surface area contributed by atoms with Crippen molar-refractivity contribution in [2.24, 2.45) is 5.92 Å². The quantitative estimate of drug-likeness (QED) is 0.540. The molecule has 0 bridgehead atoms. The summed E-state index contributed by atoms with van der Waals surface area (Å²) in [5, 5.41) is 5.48. The van der Waals surface area contributed by atoms with Crippen LogP contribution in [0.5, 0.6) is 11.5 Å². The minimum absolute atomic E-state index is 0.202. The van der Waals surface area contributed by atoms with Crippen LogP contribution in [0.3, 0.4) is 0 Å². The summed E-state index contributed by atoms with van der Waals surface area (Å²) in [6.45, 7) is 3.62. The number of hydrogen-bond acceptors (Lipinski definition) is 6. The Morgan fingerprint density at radius 2 is 1.61 bits per heavy atom. The van der Waals surface area contributed by atoms with Crippen LogP contribution < -0.4 is 24.8 Å². The zero-order chi connectivity index (χ0) is 23.2. The average Bonchev–Trinajstić information content (AvgIpc) is 2.71. The molecule has 0 heterocycles. The monoisotopic (exact) mass is 449 g/mol. The third-order valence-corrected chi connectivity index (χ3v) is 4.94. The number of methoxy groups -OCH3 is 2. The summed E-state index contributed by atoms with van der Waals surface area (Å²) >= 11 is 0. The Bertz CT molecular complexity index is 1050. The van der Waals surface area contributed by atoms with Gasteiger partial charge in [-0.1, -0.05) is 26.0 Å². The summed E-state index contributed by atoms with van der Waals surface area (Å²) in [4.78, 5) is 25.6. The van der Waals surface area contributed by atoms with E-state index >= 15 is 0 Å². The lowest BCUT2D eigenvalue weighted by atomic mass is 10.0. The maximum atomic E-state index is 12.9. The Morgan fingerprint density at radius 1 is 0.968 bits per heavy atom. The molecule has 1 unspecified atom stereocenters. The topological polar surface area (TPSA) is 123 Å². The van der Waals surface area contributed by atoms with Crippen molar-refractivity contribution in [3.8, 4) is 11.5 Å². The highest BCUT2D eigenvalue weighted by Gasteiger charge is 2.26. The van der Waals surface area contributed by atoms with Crippen molar-refractivity contribution in [2.75, 3.05) is 30.5 Å². The molecule has 2 rings (SSSR count). The van der Waals surface area contributed by atoms with E-state index in [1.165, 1.54) is 32.4 Å². The number of hydrogen-bond donors (Lipinski definition) is 3. The lowest BCUT2D eigenvalue weighted by molar-refractivity contribution is -0.118. The summed E-state index contributed by atoms with van der Waals surface area (Å²) in [5.41, 5.74) is 0.951. The van der Waals surface area contributed by atoms with Gasteiger partial charge in [-0.2, -0.15) is 0 Å². The number of amides is 2. The molecule has 9 nitrogen and oxygen atoms in total. The van der Waals surface area contributed by atoms with Gasteiger partial charge < -0.3 is 20.1 Å². The molecule has 2 aromatic rings. The predicted octanol–water partition coefficient (Wildman–Crippen LogP) is 2.47. The summed E-state index contributed by atoms with van der Waals surface area (Å²) in [7, 11) is -0.637. The number of carbonyl (C=O) groups is 2. The van der Waals surface area contributed by atoms with Crippen LogP contribution in [0.25, 0.3) is 0 Å². The third-order valence-electron chi connectivity index (χ3n) is 4.35. The molecule has 0 spiro atoms. The lowest BCUT2D eigenvalue weighted by Crippen LogP contribution is -2.47. The second kappa shape index (κ2) is 10.2. The maximum Gasteiger partial charge on any atom is 0.255 e. The van der Waals surface area contributed by atoms with Crippen LogP contribution in [-0.2, 0) is 14.8 Å². The fraction of sp³-hybridized carbons (Fsp3) is 0.333. The Labute approximate surface area is 182 Å². The van der Waals surface area contributed by atoms with E-state index in [2.05, 4.69) is 15.4 Å². The number of ether oxygens (including phenoxy) is 2. The molecule has 10 heteroatoms. The highest BCUT2D eigenvalue weighted by Crippen LogP contribution is 2.29. The van der Waals surface area contributed by atoms with Gasteiger partial charge in [0, 0.05) is 11.8 Å². The summed E-state index contributed by atoms with van der Waals surface area (Å²) in [6.07, 6.45) is 1.03. The standard InChI is InChI=1S/C21H27N3O6S/c1-13(2)19(23-20(25)15-8-6-7-9-17(15)29-3)21(26)22-14-10-11-16(18(12-14)30-4)24-31(5,27)28/h6-13,19,24H,1-5H3,(H,22,26)(H,23,25). The van der Waals surface area contributed by atoms with Crippen LogP contribution in [0.15, 0.2) is 42.5 Å². The second-order valence-corrected chi connectivity index (χ2v) is 8.92. The molecule has 168 valence electrons. The van der Waals surface area contributed by atoms with Crippen molar-refractivity contribution >= 4 is 33.2 Å². The molecule has 1 atom stereocenters. The number of rotatable bonds is 9. The van der Waals surface area contributed by atoms with Crippen molar-refractivity contribution < 1.29 is 27.5 Å². The smallest absolute Gasteiger partial charge is 0.255 e. The summed E-state index contributed by atoms with van der Waals surface area (Å²) < 4.78 is 35.7. The zero-order valence-corrected chi connectivity index (χ0v) is 18.9. The molecular weight excluding hydrogens is 422 g/mol. The van der Waals surface area contributed by atoms with Crippen molar-refractivity contribution in [3.63, 3.8) is 0 Å². The molecule has 31 heavy (non-hydrogen) atoms. The van der Waals surface area contributed by atoms with E-state index in [0.29, 0.717) is 17.0 Å². The first-order valence-corrected chi connectivity index (χ1v) is 11.4. The van der Waals surface area contributed by atoms with E-state index in [4.69, 9.17) is 9.47 Å². The highest BCUT2D eigenvalue weighted by molar-refractivity contribution is 7.92. The van der Waals surface area contributed by atoms with Crippen molar-refractivity contribution in [1.82, 2.24) is 5.32 Å². The number of anilines is 2. The fourth-order valence-corrected chi connectivity index (χ4v) is 3.43. The Kier molecular flexibility index (Phi) is 7.87. The number of nitrogens with one attached hydrogen (secondary N) is 3. The van der Waals surface area contributed by atoms with E-state index in [1.807, 2.05) is 13.8 Å². The molecule has 2 amide bonds. The number of sulfonamides is 1. The van der Waals surface area contributed by atoms with E-state index in [1.54, 1.807) is 24.3 Å². The molecule has 3 N–H and O–H groups in total. The first-order valence-electron chi connectivity index (χ1n) is 9.46. The van der Waals surface area contributed by atoms with Gasteiger partial charge in [-0.25, -0.2) is 8.42 Å². The van der Waals surface area contributed by atoms with E-state index < -0.39 is 27.9 Å². The molecule has 0 radical (unpaired) electrons. The minimum atomic E-state index is -3.49. The molecular formula is C21H27N3O6S. The first-order chi connectivity index (χ1) is 14.6. The largest absolute Gasteiger partial charge is 0.496 e. The maximum absolute atomic E-state index is 12.9. The Morgan fingerprint density at radius 3 is 2.19 bits per heavy atom. The van der Waals surface area contributed by atoms with Gasteiger partial charge in [0.1, 0.15) is 17.5 Å². The van der Waals surface area contributed by atoms with Gasteiger partial charge in [-0.05, 0) is 30.2 Å². The molecule has 0 saturated heterocycles. The Balaban J connectivity index is 2.20. The summed E-state index contributed by atoms with van der Waals surface area (Å²) in [6, 6.07) is 10.4. The summed E-state index contributed by atoms with van der Waals surface area (Å²) in [5.74, 6) is -0.420. The SMILES string of the molecule is COc1cc(NC(=O)C(NC(=O)c2ccccc2OC)C(C)C)ccc1NS(C)(=O)=O. The molecule has 0 fully saturated rings. The molecule has 2 aromatic carbocycles. The van der Waals surface area contributed by atoms with Crippen molar-refractivity contribution in [1.29, 1.82) is 0 Å². The van der Waals surface area contributed by atoms with Crippen LogP contribution in [0.4, 0.5) is 11.4 Å². The van der Waals surface area contributed by atoms with Crippen LogP contribution in [-0.4, -0.2) is 46.7 Å². The fourth-order valence-electron chi connectivity index (χ4n) is 2.86. The highest BCUT2D eigenvalue weighted by atomic mass is 32.2. The number of para-hydroxylation sites is 1. The van der Waals surface area contributed by atoms with Gasteiger partial charge in [-0.3, -0.25) is 14.3 Å². The lowest BCUT2D eigenvalue weighted by Gasteiger charge is -2.22. The molecule has 0 aliphatic rings. The second-order valence-electron chi connectivity index (χ2n) is 7.17. The van der Waals surface area contributed by atoms with E-state index in [-0.39, 0.29) is 17.4 Å². The molecule has 0 aromatic heterocycles.